The molecule has 2 aromatic heterocycles. The minimum atomic E-state index is -0.272. The maximum atomic E-state index is 13.1. The topological polar surface area (TPSA) is 76.2 Å². The van der Waals surface area contributed by atoms with E-state index in [0.717, 1.165) is 18.8 Å². The Morgan fingerprint density at radius 1 is 1.23 bits per heavy atom. The van der Waals surface area contributed by atoms with E-state index in [1.165, 1.54) is 23.9 Å². The first-order chi connectivity index (χ1) is 12.7. The zero-order valence-electron chi connectivity index (χ0n) is 13.8. The van der Waals surface area contributed by atoms with Gasteiger partial charge in [0.05, 0.1) is 18.6 Å². The van der Waals surface area contributed by atoms with E-state index >= 15 is 0 Å². The molecule has 0 radical (unpaired) electrons. The molecule has 3 heterocycles. The normalized spacial score (nSPS) is 13.0. The van der Waals surface area contributed by atoms with Crippen molar-refractivity contribution in [2.45, 2.75) is 18.2 Å². The summed E-state index contributed by atoms with van der Waals surface area (Å²) >= 11 is 1.34. The van der Waals surface area contributed by atoms with Crippen molar-refractivity contribution in [3.63, 3.8) is 0 Å². The van der Waals surface area contributed by atoms with Crippen LogP contribution in [0.1, 0.15) is 5.76 Å². The van der Waals surface area contributed by atoms with Crippen molar-refractivity contribution in [2.75, 3.05) is 17.2 Å². The van der Waals surface area contributed by atoms with Crippen molar-refractivity contribution in [3.8, 4) is 0 Å². The molecule has 1 aliphatic rings. The van der Waals surface area contributed by atoms with Gasteiger partial charge in [-0.15, -0.1) is 10.2 Å². The van der Waals surface area contributed by atoms with Crippen LogP contribution in [0.3, 0.4) is 0 Å². The molecule has 26 heavy (non-hydrogen) atoms. The SMILES string of the molecule is O=C(CSc1nnc2n1CCN2c1ccc(F)cc1)NCc1ccco1. The first-order valence-electron chi connectivity index (χ1n) is 8.09. The number of nitrogens with zero attached hydrogens (tertiary/aromatic N) is 4. The van der Waals surface area contributed by atoms with Crippen molar-refractivity contribution in [3.05, 3.63) is 54.2 Å². The third-order valence-corrected chi connectivity index (χ3v) is 4.96. The minimum absolute atomic E-state index is 0.0999. The summed E-state index contributed by atoms with van der Waals surface area (Å²) in [6, 6.07) is 9.87. The molecule has 3 aromatic rings. The van der Waals surface area contributed by atoms with Crippen LogP contribution in [0, 0.1) is 5.82 Å². The Bertz CT molecular complexity index is 895. The highest BCUT2D eigenvalue weighted by atomic mass is 32.2. The van der Waals surface area contributed by atoms with Crippen molar-refractivity contribution < 1.29 is 13.6 Å². The zero-order chi connectivity index (χ0) is 17.9. The lowest BCUT2D eigenvalue weighted by Gasteiger charge is -2.14. The summed E-state index contributed by atoms with van der Waals surface area (Å²) in [5.74, 6) is 1.29. The molecule has 0 saturated heterocycles. The number of rotatable bonds is 6. The van der Waals surface area contributed by atoms with Crippen LogP contribution in [0.15, 0.2) is 52.2 Å². The summed E-state index contributed by atoms with van der Waals surface area (Å²) in [6.07, 6.45) is 1.57. The van der Waals surface area contributed by atoms with E-state index in [0.29, 0.717) is 23.4 Å². The molecule has 0 unspecified atom stereocenters. The summed E-state index contributed by atoms with van der Waals surface area (Å²) in [6.45, 7) is 1.81. The van der Waals surface area contributed by atoms with E-state index in [9.17, 15) is 9.18 Å². The van der Waals surface area contributed by atoms with Gasteiger partial charge in [0, 0.05) is 18.8 Å². The van der Waals surface area contributed by atoms with E-state index in [1.807, 2.05) is 15.5 Å². The average molecular weight is 373 g/mol. The molecule has 0 aliphatic carbocycles. The van der Waals surface area contributed by atoms with Gasteiger partial charge in [-0.2, -0.15) is 0 Å². The predicted molar refractivity (Wildman–Crippen MR) is 94.7 cm³/mol. The molecule has 7 nitrogen and oxygen atoms in total. The summed E-state index contributed by atoms with van der Waals surface area (Å²) in [4.78, 5) is 14.0. The van der Waals surface area contributed by atoms with Gasteiger partial charge in [0.25, 0.3) is 0 Å². The highest BCUT2D eigenvalue weighted by molar-refractivity contribution is 7.99. The number of nitrogens with one attached hydrogen (secondary N) is 1. The second kappa shape index (κ2) is 7.20. The Morgan fingerprint density at radius 2 is 2.08 bits per heavy atom. The summed E-state index contributed by atoms with van der Waals surface area (Å²) in [5.41, 5.74) is 0.866. The fourth-order valence-electron chi connectivity index (χ4n) is 2.73. The summed E-state index contributed by atoms with van der Waals surface area (Å²) in [5, 5.41) is 11.9. The predicted octanol–water partition coefficient (Wildman–Crippen LogP) is 2.57. The zero-order valence-corrected chi connectivity index (χ0v) is 14.6. The van der Waals surface area contributed by atoms with Crippen molar-refractivity contribution in [1.82, 2.24) is 20.1 Å². The molecule has 1 aromatic carbocycles. The maximum Gasteiger partial charge on any atom is 0.232 e. The van der Waals surface area contributed by atoms with Gasteiger partial charge < -0.3 is 14.6 Å². The van der Waals surface area contributed by atoms with E-state index in [2.05, 4.69) is 15.5 Å². The maximum absolute atomic E-state index is 13.1. The molecule has 0 atom stereocenters. The van der Waals surface area contributed by atoms with Crippen LogP contribution < -0.4 is 10.2 Å². The number of halogens is 1. The van der Waals surface area contributed by atoms with E-state index in [1.54, 1.807) is 24.5 Å². The smallest absolute Gasteiger partial charge is 0.232 e. The van der Waals surface area contributed by atoms with Gasteiger partial charge in [-0.1, -0.05) is 11.8 Å². The molecule has 4 rings (SSSR count). The van der Waals surface area contributed by atoms with E-state index in [4.69, 9.17) is 4.42 Å². The van der Waals surface area contributed by atoms with E-state index in [-0.39, 0.29) is 17.5 Å². The lowest BCUT2D eigenvalue weighted by Crippen LogP contribution is -2.24. The molecular formula is C17H16FN5O2S. The average Bonchev–Trinajstić information content (AvgIpc) is 3.37. The number of fused-ring (bicyclic) bond motifs is 1. The first kappa shape index (κ1) is 16.6. The van der Waals surface area contributed by atoms with Crippen LogP contribution >= 0.6 is 11.8 Å². The molecule has 0 spiro atoms. The highest BCUT2D eigenvalue weighted by Crippen LogP contribution is 2.31. The van der Waals surface area contributed by atoms with Gasteiger partial charge in [-0.3, -0.25) is 9.36 Å². The van der Waals surface area contributed by atoms with Crippen molar-refractivity contribution in [2.24, 2.45) is 0 Å². The van der Waals surface area contributed by atoms with Gasteiger partial charge in [0.1, 0.15) is 11.6 Å². The number of amides is 1. The quantitative estimate of drug-likeness (QED) is 0.670. The molecule has 134 valence electrons. The standard InChI is InChI=1S/C17H16FN5O2S/c18-12-3-5-13(6-4-12)22-7-8-23-16(22)20-21-17(23)26-11-15(24)19-10-14-2-1-9-25-14/h1-6,9H,7-8,10-11H2,(H,19,24). The van der Waals surface area contributed by atoms with Crippen LogP contribution in [0.25, 0.3) is 0 Å². The van der Waals surface area contributed by atoms with Gasteiger partial charge in [0.2, 0.25) is 11.9 Å². The number of thioether (sulfide) groups is 1. The third kappa shape index (κ3) is 3.43. The fourth-order valence-corrected chi connectivity index (χ4v) is 3.52. The molecule has 0 bridgehead atoms. The Labute approximate surface area is 153 Å². The van der Waals surface area contributed by atoms with Gasteiger partial charge in [-0.25, -0.2) is 4.39 Å². The Morgan fingerprint density at radius 3 is 2.85 bits per heavy atom. The summed E-state index contributed by atoms with van der Waals surface area (Å²) < 4.78 is 20.2. The number of hydrogen-bond acceptors (Lipinski definition) is 6. The lowest BCUT2D eigenvalue weighted by molar-refractivity contribution is -0.118. The number of carbonyl (C=O) groups is 1. The first-order valence-corrected chi connectivity index (χ1v) is 9.07. The number of anilines is 2. The van der Waals surface area contributed by atoms with Crippen LogP contribution in [0.2, 0.25) is 0 Å². The molecule has 1 N–H and O–H groups in total. The van der Waals surface area contributed by atoms with E-state index < -0.39 is 0 Å². The Kier molecular flexibility index (Phi) is 4.61. The lowest BCUT2D eigenvalue weighted by atomic mass is 10.3. The van der Waals surface area contributed by atoms with Crippen LogP contribution in [-0.4, -0.2) is 33.0 Å². The highest BCUT2D eigenvalue weighted by Gasteiger charge is 2.26. The van der Waals surface area contributed by atoms with Crippen LogP contribution in [0.5, 0.6) is 0 Å². The fraction of sp³-hybridized carbons (Fsp3) is 0.235. The van der Waals surface area contributed by atoms with Crippen molar-refractivity contribution in [1.29, 1.82) is 0 Å². The molecule has 1 aliphatic heterocycles. The second-order valence-corrected chi connectivity index (χ2v) is 6.65. The molecular weight excluding hydrogens is 357 g/mol. The number of carbonyl (C=O) groups excluding carboxylic acids is 1. The largest absolute Gasteiger partial charge is 0.467 e. The van der Waals surface area contributed by atoms with Gasteiger partial charge in [-0.05, 0) is 36.4 Å². The minimum Gasteiger partial charge on any atom is -0.467 e. The molecule has 0 fully saturated rings. The second-order valence-electron chi connectivity index (χ2n) is 5.71. The molecule has 0 saturated carbocycles. The Balaban J connectivity index is 1.37. The van der Waals surface area contributed by atoms with Crippen LogP contribution in [0.4, 0.5) is 16.0 Å². The van der Waals surface area contributed by atoms with Crippen LogP contribution in [-0.2, 0) is 17.9 Å². The monoisotopic (exact) mass is 373 g/mol. The van der Waals surface area contributed by atoms with Gasteiger partial charge >= 0.3 is 0 Å². The number of aromatic nitrogens is 3. The number of hydrogen-bond donors (Lipinski definition) is 1. The number of benzene rings is 1. The third-order valence-electron chi connectivity index (χ3n) is 4.00. The Hall–Kier alpha value is -2.81. The van der Waals surface area contributed by atoms with Gasteiger partial charge in [0.15, 0.2) is 5.16 Å². The van der Waals surface area contributed by atoms with Crippen molar-refractivity contribution >= 4 is 29.3 Å². The molecule has 1 amide bonds. The summed E-state index contributed by atoms with van der Waals surface area (Å²) in [7, 11) is 0. The number of furan rings is 1. The molecule has 9 heteroatoms.